The molecule has 3 heterocycles. The van der Waals surface area contributed by atoms with Gasteiger partial charge in [-0.05, 0) is 44.4 Å². The zero-order valence-corrected chi connectivity index (χ0v) is 27.2. The lowest BCUT2D eigenvalue weighted by molar-refractivity contribution is -0.138. The second kappa shape index (κ2) is 14.3. The molecule has 2 aliphatic rings. The molecule has 2 aliphatic heterocycles. The molecule has 1 spiro atoms. The molecule has 0 aliphatic carbocycles. The molecule has 46 heavy (non-hydrogen) atoms. The van der Waals surface area contributed by atoms with Gasteiger partial charge in [0.1, 0.15) is 11.8 Å². The smallest absolute Gasteiger partial charge is 0.410 e. The summed E-state index contributed by atoms with van der Waals surface area (Å²) in [5.74, 6) is -1.68. The zero-order chi connectivity index (χ0) is 33.6. The molecule has 1 aromatic heterocycles. The first kappa shape index (κ1) is 34.4. The molecule has 16 heteroatoms. The molecule has 2 aromatic rings. The van der Waals surface area contributed by atoms with Gasteiger partial charge < -0.3 is 30.3 Å². The van der Waals surface area contributed by atoms with E-state index < -0.39 is 46.2 Å². The predicted octanol–water partition coefficient (Wildman–Crippen LogP) is 2.46. The third-order valence-corrected chi connectivity index (χ3v) is 9.60. The minimum atomic E-state index is -4.23. The number of anilines is 1. The second-order valence-corrected chi connectivity index (χ2v) is 13.3. The number of nitrogens with one attached hydrogen (secondary N) is 4. The van der Waals surface area contributed by atoms with Crippen molar-refractivity contribution in [3.8, 4) is 0 Å². The number of likely N-dealkylation sites (tertiary alicyclic amines) is 1. The van der Waals surface area contributed by atoms with Gasteiger partial charge >= 0.3 is 12.1 Å². The molecule has 0 unspecified atom stereocenters. The fourth-order valence-electron chi connectivity index (χ4n) is 5.72. The van der Waals surface area contributed by atoms with Crippen molar-refractivity contribution in [3.05, 3.63) is 47.3 Å². The Balaban J connectivity index is 1.40. The molecule has 2 amide bonds. The highest BCUT2D eigenvalue weighted by Crippen LogP contribution is 2.38. The van der Waals surface area contributed by atoms with Crippen molar-refractivity contribution in [1.29, 1.82) is 0 Å². The number of hydrogen-bond acceptors (Lipinski definition) is 10. The molecule has 1 saturated heterocycles. The lowest BCUT2D eigenvalue weighted by Crippen LogP contribution is -2.49. The minimum absolute atomic E-state index is 0.00760. The minimum Gasteiger partial charge on any atom is -0.480 e. The van der Waals surface area contributed by atoms with Gasteiger partial charge in [0.25, 0.3) is 5.91 Å². The molecule has 4 rings (SSSR count). The third kappa shape index (κ3) is 8.04. The first-order valence-corrected chi connectivity index (χ1v) is 16.5. The van der Waals surface area contributed by atoms with Crippen LogP contribution in [0.4, 0.5) is 10.7 Å². The van der Waals surface area contributed by atoms with Crippen molar-refractivity contribution in [3.63, 3.8) is 0 Å². The number of rotatable bonds is 14. The largest absolute Gasteiger partial charge is 0.480 e. The van der Waals surface area contributed by atoms with Gasteiger partial charge in [-0.2, -0.15) is 4.72 Å². The number of unbranched alkanes of at least 4 members (excludes halogenated alkanes) is 1. The van der Waals surface area contributed by atoms with E-state index in [1.54, 1.807) is 43.2 Å². The van der Waals surface area contributed by atoms with Gasteiger partial charge in [0.05, 0.1) is 36.0 Å². The van der Waals surface area contributed by atoms with E-state index in [2.05, 4.69) is 37.1 Å². The monoisotopic (exact) mass is 659 g/mol. The second-order valence-electron chi connectivity index (χ2n) is 11.7. The highest BCUT2D eigenvalue weighted by molar-refractivity contribution is 7.89. The van der Waals surface area contributed by atoms with Gasteiger partial charge in [0, 0.05) is 25.9 Å². The van der Waals surface area contributed by atoms with Crippen LogP contribution < -0.4 is 15.4 Å². The van der Waals surface area contributed by atoms with E-state index in [0.717, 1.165) is 17.7 Å². The van der Waals surface area contributed by atoms with Crippen LogP contribution >= 0.6 is 0 Å². The quantitative estimate of drug-likeness (QED) is 0.187. The number of sulfonamides is 1. The SMILES string of the molecule is C=Cc1cnc(NC[C@@H]2C[C@]3(CC(C(=O)NC[C@H](NS(=O)(=O)c4c(C)cc(C)cc4C)C(=O)O)=NO3)CN2C(=O)OCCCC)[nH]1. The fraction of sp³-hybridized carbons (Fsp3) is 0.500. The maximum absolute atomic E-state index is 13.1. The number of carbonyl (C=O) groups excluding carboxylic acids is 2. The van der Waals surface area contributed by atoms with Gasteiger partial charge in [-0.15, -0.1) is 0 Å². The van der Waals surface area contributed by atoms with Gasteiger partial charge in [-0.1, -0.05) is 42.8 Å². The van der Waals surface area contributed by atoms with Crippen LogP contribution in [0, 0.1) is 20.8 Å². The number of carboxylic acid groups (broad SMARTS) is 1. The summed E-state index contributed by atoms with van der Waals surface area (Å²) >= 11 is 0. The summed E-state index contributed by atoms with van der Waals surface area (Å²) < 4.78 is 33.9. The highest BCUT2D eigenvalue weighted by atomic mass is 32.2. The molecular formula is C30H41N7O8S. The van der Waals surface area contributed by atoms with Crippen LogP contribution in [0.3, 0.4) is 0 Å². The van der Waals surface area contributed by atoms with E-state index in [4.69, 9.17) is 9.57 Å². The van der Waals surface area contributed by atoms with E-state index in [1.807, 2.05) is 13.8 Å². The van der Waals surface area contributed by atoms with Crippen molar-refractivity contribution in [1.82, 2.24) is 24.9 Å². The Bertz CT molecular complexity index is 1600. The number of H-pyrrole nitrogens is 1. The van der Waals surface area contributed by atoms with Crippen LogP contribution in [-0.2, 0) is 29.2 Å². The molecule has 250 valence electrons. The number of benzene rings is 1. The number of carbonyl (C=O) groups is 3. The average molecular weight is 660 g/mol. The molecule has 1 aromatic carbocycles. The van der Waals surface area contributed by atoms with Crippen LogP contribution in [-0.4, -0.2) is 96.0 Å². The molecule has 15 nitrogen and oxygen atoms in total. The number of oxime groups is 1. The standard InChI is InChI=1S/C30H41N7O8S/c1-6-8-9-44-29(41)37-17-30(12-22(37)15-33-28-32-14-21(7-2)34-28)13-23(35-45-30)26(38)31-16-24(27(39)40)36-46(42,43)25-19(4)10-18(3)11-20(25)5/h7,10-11,14,22,24,36H,2,6,8-9,12-13,15-17H2,1,3-5H3,(H,31,38)(H,39,40)(H2,32,33,34)/t22-,24-,30-/m0/s1. The van der Waals surface area contributed by atoms with E-state index in [9.17, 15) is 27.9 Å². The average Bonchev–Trinajstić information content (AvgIpc) is 3.71. The first-order chi connectivity index (χ1) is 21.8. The number of imidazole rings is 1. The first-order valence-electron chi connectivity index (χ1n) is 15.0. The highest BCUT2D eigenvalue weighted by Gasteiger charge is 2.52. The van der Waals surface area contributed by atoms with Crippen molar-refractivity contribution in [2.24, 2.45) is 5.16 Å². The number of amides is 2. The lowest BCUT2D eigenvalue weighted by atomic mass is 9.94. The van der Waals surface area contributed by atoms with Crippen molar-refractivity contribution in [2.75, 3.05) is 31.6 Å². The molecule has 1 fully saturated rings. The van der Waals surface area contributed by atoms with Crippen LogP contribution in [0.1, 0.15) is 55.0 Å². The normalized spacial score (nSPS) is 19.8. The maximum atomic E-state index is 13.1. The number of aromatic amines is 1. The Labute approximate surface area is 267 Å². The van der Waals surface area contributed by atoms with Gasteiger partial charge in [-0.25, -0.2) is 18.2 Å². The van der Waals surface area contributed by atoms with Crippen LogP contribution in [0.5, 0.6) is 0 Å². The Morgan fingerprint density at radius 3 is 2.63 bits per heavy atom. The number of aliphatic carboxylic acids is 1. The van der Waals surface area contributed by atoms with Crippen molar-refractivity contribution >= 4 is 45.7 Å². The Morgan fingerprint density at radius 2 is 2.00 bits per heavy atom. The lowest BCUT2D eigenvalue weighted by Gasteiger charge is -2.24. The molecule has 0 bridgehead atoms. The van der Waals surface area contributed by atoms with Crippen molar-refractivity contribution < 1.29 is 37.5 Å². The zero-order valence-electron chi connectivity index (χ0n) is 26.4. The molecular weight excluding hydrogens is 618 g/mol. The summed E-state index contributed by atoms with van der Waals surface area (Å²) in [6.07, 6.45) is 4.66. The summed E-state index contributed by atoms with van der Waals surface area (Å²) in [7, 11) is -4.23. The maximum Gasteiger partial charge on any atom is 0.410 e. The Kier molecular flexibility index (Phi) is 10.7. The van der Waals surface area contributed by atoms with E-state index in [1.165, 1.54) is 0 Å². The number of hydrogen-bond donors (Lipinski definition) is 5. The van der Waals surface area contributed by atoms with Gasteiger partial charge in [0.2, 0.25) is 16.0 Å². The molecule has 0 saturated carbocycles. The molecule has 5 N–H and O–H groups in total. The number of carboxylic acids is 1. The van der Waals surface area contributed by atoms with Crippen molar-refractivity contribution in [2.45, 2.75) is 76.0 Å². The summed E-state index contributed by atoms with van der Waals surface area (Å²) in [4.78, 5) is 52.7. The number of nitrogens with zero attached hydrogens (tertiary/aromatic N) is 3. The van der Waals surface area contributed by atoms with Gasteiger partial charge in [0.15, 0.2) is 5.60 Å². The van der Waals surface area contributed by atoms with Crippen LogP contribution in [0.25, 0.3) is 6.08 Å². The summed E-state index contributed by atoms with van der Waals surface area (Å²) in [6.45, 7) is 10.9. The summed E-state index contributed by atoms with van der Waals surface area (Å²) in [5, 5.41) is 19.4. The van der Waals surface area contributed by atoms with Crippen LogP contribution in [0.15, 0.2) is 35.0 Å². The summed E-state index contributed by atoms with van der Waals surface area (Å²) in [5.41, 5.74) is 1.52. The molecule has 0 radical (unpaired) electrons. The van der Waals surface area contributed by atoms with Crippen LogP contribution in [0.2, 0.25) is 0 Å². The van der Waals surface area contributed by atoms with E-state index in [0.29, 0.717) is 36.5 Å². The summed E-state index contributed by atoms with van der Waals surface area (Å²) in [6, 6.07) is 1.35. The third-order valence-electron chi connectivity index (χ3n) is 7.82. The fourth-order valence-corrected chi connectivity index (χ4v) is 7.36. The molecule has 3 atom stereocenters. The van der Waals surface area contributed by atoms with Gasteiger partial charge in [-0.3, -0.25) is 14.5 Å². The van der Waals surface area contributed by atoms with E-state index >= 15 is 0 Å². The Morgan fingerprint density at radius 1 is 1.28 bits per heavy atom. The Hall–Kier alpha value is -4.44. The van der Waals surface area contributed by atoms with E-state index in [-0.39, 0.29) is 36.2 Å². The topological polar surface area (TPSA) is 204 Å². The number of aryl methyl sites for hydroxylation is 3. The number of aromatic nitrogens is 2. The predicted molar refractivity (Wildman–Crippen MR) is 170 cm³/mol. The number of ether oxygens (including phenoxy) is 1.